The third kappa shape index (κ3) is 3.71. The Bertz CT molecular complexity index is 1080. The van der Waals surface area contributed by atoms with Crippen LogP contribution in [0.1, 0.15) is 24.5 Å². The molecule has 0 spiro atoms. The average Bonchev–Trinajstić information content (AvgIpc) is 3.22. The van der Waals surface area contributed by atoms with Crippen molar-refractivity contribution in [1.82, 2.24) is 19.8 Å². The predicted molar refractivity (Wildman–Crippen MR) is 113 cm³/mol. The molecule has 1 aliphatic heterocycles. The fourth-order valence-corrected chi connectivity index (χ4v) is 3.95. The maximum absolute atomic E-state index is 6.11. The zero-order valence-corrected chi connectivity index (χ0v) is 16.1. The Morgan fingerprint density at radius 2 is 1.72 bits per heavy atom. The summed E-state index contributed by atoms with van der Waals surface area (Å²) in [6.45, 7) is 1.63. The van der Waals surface area contributed by atoms with Gasteiger partial charge in [-0.3, -0.25) is 0 Å². The van der Waals surface area contributed by atoms with E-state index in [2.05, 4.69) is 39.8 Å². The minimum Gasteiger partial charge on any atom is -0.373 e. The molecular formula is C23H23N5O. The van der Waals surface area contributed by atoms with Gasteiger partial charge >= 0.3 is 0 Å². The Labute approximate surface area is 169 Å². The summed E-state index contributed by atoms with van der Waals surface area (Å²) in [6, 6.07) is 24.4. The monoisotopic (exact) mass is 385 g/mol. The van der Waals surface area contributed by atoms with Gasteiger partial charge in [0.2, 0.25) is 0 Å². The van der Waals surface area contributed by atoms with Crippen LogP contribution in [0, 0.1) is 5.92 Å². The number of fused-ring (bicyclic) bond motifs is 1. The highest BCUT2D eigenvalue weighted by molar-refractivity contribution is 5.59. The van der Waals surface area contributed by atoms with Gasteiger partial charge in [-0.25, -0.2) is 0 Å². The molecule has 1 saturated heterocycles. The smallest absolute Gasteiger partial charge is 0.185 e. The third-order valence-electron chi connectivity index (χ3n) is 5.41. The van der Waals surface area contributed by atoms with E-state index in [1.54, 1.807) is 4.52 Å². The lowest BCUT2D eigenvalue weighted by atomic mass is 9.89. The summed E-state index contributed by atoms with van der Waals surface area (Å²) in [5, 5.41) is 16.8. The van der Waals surface area contributed by atoms with Gasteiger partial charge in [0.05, 0.1) is 6.10 Å². The molecule has 5 rings (SSSR count). The van der Waals surface area contributed by atoms with Crippen LogP contribution in [-0.2, 0) is 4.74 Å². The Morgan fingerprint density at radius 3 is 2.55 bits per heavy atom. The summed E-state index contributed by atoms with van der Waals surface area (Å²) in [5.41, 5.74) is 2.97. The second-order valence-electron chi connectivity index (χ2n) is 7.36. The van der Waals surface area contributed by atoms with Crippen LogP contribution >= 0.6 is 0 Å². The van der Waals surface area contributed by atoms with Crippen molar-refractivity contribution in [3.05, 3.63) is 78.4 Å². The van der Waals surface area contributed by atoms with Gasteiger partial charge < -0.3 is 10.1 Å². The van der Waals surface area contributed by atoms with E-state index in [0.717, 1.165) is 48.8 Å². The molecule has 1 aliphatic rings. The molecule has 0 aliphatic carbocycles. The maximum Gasteiger partial charge on any atom is 0.185 e. The van der Waals surface area contributed by atoms with E-state index in [-0.39, 0.29) is 6.10 Å². The second-order valence-corrected chi connectivity index (χ2v) is 7.36. The Morgan fingerprint density at radius 1 is 0.931 bits per heavy atom. The van der Waals surface area contributed by atoms with E-state index in [9.17, 15) is 0 Å². The second kappa shape index (κ2) is 8.01. The zero-order chi connectivity index (χ0) is 19.5. The van der Waals surface area contributed by atoms with Crippen LogP contribution in [0.3, 0.4) is 0 Å². The van der Waals surface area contributed by atoms with E-state index in [1.165, 1.54) is 5.56 Å². The van der Waals surface area contributed by atoms with E-state index in [4.69, 9.17) is 9.84 Å². The third-order valence-corrected chi connectivity index (χ3v) is 5.41. The molecule has 0 saturated carbocycles. The van der Waals surface area contributed by atoms with E-state index >= 15 is 0 Å². The lowest BCUT2D eigenvalue weighted by Crippen LogP contribution is -2.28. The van der Waals surface area contributed by atoms with Crippen LogP contribution < -0.4 is 5.32 Å². The van der Waals surface area contributed by atoms with Gasteiger partial charge in [-0.05, 0) is 30.5 Å². The van der Waals surface area contributed by atoms with E-state index in [1.807, 2.05) is 48.5 Å². The number of ether oxygens (including phenoxy) is 1. The normalized spacial score (nSPS) is 19.3. The van der Waals surface area contributed by atoms with E-state index < -0.39 is 0 Å². The SMILES string of the molecule is c1ccc(-c2nnc3ccc(NCC4CCCOC4c4ccccc4)nn23)cc1. The molecule has 1 fully saturated rings. The van der Waals surface area contributed by atoms with Crippen molar-refractivity contribution >= 4 is 11.5 Å². The number of benzene rings is 2. The number of nitrogens with zero attached hydrogens (tertiary/aromatic N) is 4. The molecule has 0 amide bonds. The molecule has 1 N–H and O–H groups in total. The number of anilines is 1. The quantitative estimate of drug-likeness (QED) is 0.553. The van der Waals surface area contributed by atoms with Gasteiger partial charge in [0.15, 0.2) is 11.5 Å². The van der Waals surface area contributed by atoms with Crippen molar-refractivity contribution < 1.29 is 4.74 Å². The number of hydrogen-bond donors (Lipinski definition) is 1. The van der Waals surface area contributed by atoms with Crippen molar-refractivity contribution in [2.75, 3.05) is 18.5 Å². The fourth-order valence-electron chi connectivity index (χ4n) is 3.95. The number of aromatic nitrogens is 4. The summed E-state index contributed by atoms with van der Waals surface area (Å²) in [6.07, 6.45) is 2.35. The van der Waals surface area contributed by atoms with Gasteiger partial charge in [0, 0.05) is 24.6 Å². The first-order valence-corrected chi connectivity index (χ1v) is 10.1. The molecule has 0 bridgehead atoms. The highest BCUT2D eigenvalue weighted by atomic mass is 16.5. The van der Waals surface area contributed by atoms with Crippen molar-refractivity contribution in [3.8, 4) is 11.4 Å². The first-order valence-electron chi connectivity index (χ1n) is 10.1. The Hall–Kier alpha value is -3.25. The van der Waals surface area contributed by atoms with Gasteiger partial charge in [0.1, 0.15) is 5.82 Å². The van der Waals surface area contributed by atoms with Gasteiger partial charge in [-0.2, -0.15) is 4.52 Å². The molecular weight excluding hydrogens is 362 g/mol. The summed E-state index contributed by atoms with van der Waals surface area (Å²) in [4.78, 5) is 0. The minimum atomic E-state index is 0.121. The molecule has 4 aromatic rings. The van der Waals surface area contributed by atoms with E-state index in [0.29, 0.717) is 5.92 Å². The van der Waals surface area contributed by atoms with Gasteiger partial charge in [-0.15, -0.1) is 15.3 Å². The molecule has 6 heteroatoms. The molecule has 0 radical (unpaired) electrons. The molecule has 29 heavy (non-hydrogen) atoms. The Kier molecular flexibility index (Phi) is 4.92. The van der Waals surface area contributed by atoms with Crippen molar-refractivity contribution in [2.24, 2.45) is 5.92 Å². The molecule has 146 valence electrons. The number of nitrogens with one attached hydrogen (secondary N) is 1. The molecule has 3 heterocycles. The standard InChI is InChI=1S/C23H23N5O/c1-3-8-17(9-4-1)22-19(12-7-15-29-22)16-24-20-13-14-21-25-26-23(28(21)27-20)18-10-5-2-6-11-18/h1-6,8-11,13-14,19,22H,7,12,15-16H2,(H,24,27). The first kappa shape index (κ1) is 17.8. The molecule has 2 aromatic carbocycles. The van der Waals surface area contributed by atoms with Crippen molar-refractivity contribution in [1.29, 1.82) is 0 Å². The highest BCUT2D eigenvalue weighted by Crippen LogP contribution is 2.33. The summed E-state index contributed by atoms with van der Waals surface area (Å²) in [7, 11) is 0. The molecule has 2 unspecified atom stereocenters. The fraction of sp³-hybridized carbons (Fsp3) is 0.261. The molecule has 2 atom stereocenters. The van der Waals surface area contributed by atoms with Crippen molar-refractivity contribution in [2.45, 2.75) is 18.9 Å². The highest BCUT2D eigenvalue weighted by Gasteiger charge is 2.27. The van der Waals surface area contributed by atoms with Crippen molar-refractivity contribution in [3.63, 3.8) is 0 Å². The van der Waals surface area contributed by atoms with Crippen LogP contribution in [-0.4, -0.2) is 33.0 Å². The average molecular weight is 385 g/mol. The largest absolute Gasteiger partial charge is 0.373 e. The first-order chi connectivity index (χ1) is 14.4. The van der Waals surface area contributed by atoms with Gasteiger partial charge in [0.25, 0.3) is 0 Å². The van der Waals surface area contributed by atoms with Crippen LogP contribution in [0.25, 0.3) is 17.0 Å². The van der Waals surface area contributed by atoms with Crippen LogP contribution in [0.4, 0.5) is 5.82 Å². The Balaban J connectivity index is 1.36. The van der Waals surface area contributed by atoms with Crippen LogP contribution in [0.2, 0.25) is 0 Å². The summed E-state index contributed by atoms with van der Waals surface area (Å²) < 4.78 is 7.91. The maximum atomic E-state index is 6.11. The lowest BCUT2D eigenvalue weighted by Gasteiger charge is -2.32. The molecule has 2 aromatic heterocycles. The number of hydrogen-bond acceptors (Lipinski definition) is 5. The summed E-state index contributed by atoms with van der Waals surface area (Å²) in [5.74, 6) is 1.96. The van der Waals surface area contributed by atoms with Crippen LogP contribution in [0.5, 0.6) is 0 Å². The topological polar surface area (TPSA) is 64.3 Å². The number of rotatable bonds is 5. The molecule has 6 nitrogen and oxygen atoms in total. The van der Waals surface area contributed by atoms with Crippen LogP contribution in [0.15, 0.2) is 72.8 Å². The predicted octanol–water partition coefficient (Wildman–Crippen LogP) is 4.37. The minimum absolute atomic E-state index is 0.121. The summed E-state index contributed by atoms with van der Waals surface area (Å²) >= 11 is 0. The lowest BCUT2D eigenvalue weighted by molar-refractivity contribution is -0.0238. The van der Waals surface area contributed by atoms with Gasteiger partial charge in [-0.1, -0.05) is 60.7 Å². The zero-order valence-electron chi connectivity index (χ0n) is 16.1.